The summed E-state index contributed by atoms with van der Waals surface area (Å²) in [6.45, 7) is 2.66. The van der Waals surface area contributed by atoms with Crippen molar-refractivity contribution in [3.63, 3.8) is 0 Å². The number of benzene rings is 2. The maximum atomic E-state index is 13.0. The van der Waals surface area contributed by atoms with Crippen LogP contribution in [0.3, 0.4) is 0 Å². The summed E-state index contributed by atoms with van der Waals surface area (Å²) < 4.78 is 10.9. The molecule has 0 unspecified atom stereocenters. The Morgan fingerprint density at radius 1 is 1.00 bits per heavy atom. The van der Waals surface area contributed by atoms with E-state index in [1.165, 1.54) is 11.3 Å². The van der Waals surface area contributed by atoms with Gasteiger partial charge in [0.25, 0.3) is 5.91 Å². The van der Waals surface area contributed by atoms with Crippen molar-refractivity contribution in [3.8, 4) is 17.1 Å². The van der Waals surface area contributed by atoms with Gasteiger partial charge < -0.3 is 19.1 Å². The number of piperazine rings is 1. The minimum absolute atomic E-state index is 0.0292. The summed E-state index contributed by atoms with van der Waals surface area (Å²) in [4.78, 5) is 35.6. The van der Waals surface area contributed by atoms with E-state index < -0.39 is 0 Å². The molecule has 0 atom stereocenters. The van der Waals surface area contributed by atoms with Crippen LogP contribution in [0.15, 0.2) is 53.1 Å². The smallest absolute Gasteiger partial charge is 0.265 e. The number of aromatic nitrogens is 2. The highest BCUT2D eigenvalue weighted by atomic mass is 16.5. The fourth-order valence-electron chi connectivity index (χ4n) is 4.77. The van der Waals surface area contributed by atoms with Crippen molar-refractivity contribution in [1.29, 1.82) is 0 Å². The molecule has 2 aliphatic heterocycles. The Bertz CT molecular complexity index is 1230. The Labute approximate surface area is 203 Å². The maximum absolute atomic E-state index is 13.0. The summed E-state index contributed by atoms with van der Waals surface area (Å²) in [6.07, 6.45) is 3.49. The molecule has 2 fully saturated rings. The van der Waals surface area contributed by atoms with Crippen LogP contribution in [-0.2, 0) is 9.59 Å². The van der Waals surface area contributed by atoms with Crippen molar-refractivity contribution in [1.82, 2.24) is 15.0 Å². The maximum Gasteiger partial charge on any atom is 0.265 e. The molecule has 2 amide bonds. The molecule has 3 aromatic rings. The molecule has 9 nitrogen and oxygen atoms in total. The van der Waals surface area contributed by atoms with Gasteiger partial charge in [-0.25, -0.2) is 0 Å². The molecule has 35 heavy (non-hydrogen) atoms. The Balaban J connectivity index is 1.06. The van der Waals surface area contributed by atoms with Gasteiger partial charge in [0.05, 0.1) is 5.69 Å². The summed E-state index contributed by atoms with van der Waals surface area (Å²) >= 11 is 0. The third-order valence-corrected chi connectivity index (χ3v) is 7.12. The van der Waals surface area contributed by atoms with Gasteiger partial charge in [-0.15, -0.1) is 0 Å². The number of hydrogen-bond acceptors (Lipinski definition) is 7. The van der Waals surface area contributed by atoms with Crippen molar-refractivity contribution in [2.24, 2.45) is 0 Å². The van der Waals surface area contributed by atoms with E-state index >= 15 is 0 Å². The van der Waals surface area contributed by atoms with Gasteiger partial charge >= 0.3 is 0 Å². The molecule has 0 spiro atoms. The van der Waals surface area contributed by atoms with E-state index in [0.717, 1.165) is 43.1 Å². The summed E-state index contributed by atoms with van der Waals surface area (Å²) in [5, 5.41) is 4.15. The summed E-state index contributed by atoms with van der Waals surface area (Å²) in [5.41, 5.74) is 2.69. The van der Waals surface area contributed by atoms with E-state index in [1.807, 2.05) is 41.3 Å². The number of fused-ring (bicyclic) bond motifs is 1. The van der Waals surface area contributed by atoms with Crippen LogP contribution in [0.4, 0.5) is 11.4 Å². The number of amides is 2. The van der Waals surface area contributed by atoms with Crippen LogP contribution in [0, 0.1) is 0 Å². The monoisotopic (exact) mass is 473 g/mol. The van der Waals surface area contributed by atoms with Gasteiger partial charge in [0, 0.05) is 43.3 Å². The number of ether oxygens (including phenoxy) is 1. The summed E-state index contributed by atoms with van der Waals surface area (Å²) in [5.74, 6) is 2.19. The lowest BCUT2D eigenvalue weighted by Crippen LogP contribution is -2.53. The van der Waals surface area contributed by atoms with Crippen molar-refractivity contribution >= 4 is 23.2 Å². The molecule has 1 saturated heterocycles. The lowest BCUT2D eigenvalue weighted by molar-refractivity contribution is -0.132. The molecular weight excluding hydrogens is 446 g/mol. The zero-order valence-electron chi connectivity index (χ0n) is 19.4. The van der Waals surface area contributed by atoms with Crippen LogP contribution < -0.4 is 14.5 Å². The van der Waals surface area contributed by atoms with E-state index in [4.69, 9.17) is 9.26 Å². The van der Waals surface area contributed by atoms with Crippen molar-refractivity contribution in [2.75, 3.05) is 49.1 Å². The van der Waals surface area contributed by atoms with Crippen molar-refractivity contribution < 1.29 is 18.8 Å². The lowest BCUT2D eigenvalue weighted by atomic mass is 9.85. The normalized spacial score (nSPS) is 18.2. The van der Waals surface area contributed by atoms with Crippen LogP contribution in [0.1, 0.15) is 31.1 Å². The van der Waals surface area contributed by atoms with Gasteiger partial charge in [-0.1, -0.05) is 23.7 Å². The van der Waals surface area contributed by atoms with Gasteiger partial charge in [-0.05, 0) is 49.2 Å². The number of nitrogens with zero attached hydrogens (tertiary/aromatic N) is 5. The predicted molar refractivity (Wildman–Crippen MR) is 129 cm³/mol. The van der Waals surface area contributed by atoms with Crippen molar-refractivity contribution in [2.45, 2.75) is 25.2 Å². The molecule has 1 aromatic heterocycles. The van der Waals surface area contributed by atoms with Gasteiger partial charge in [0.15, 0.2) is 6.61 Å². The summed E-state index contributed by atoms with van der Waals surface area (Å²) in [6, 6.07) is 15.5. The molecule has 3 aliphatic rings. The lowest BCUT2D eigenvalue weighted by Gasteiger charge is -2.37. The van der Waals surface area contributed by atoms with Crippen LogP contribution in [0.5, 0.6) is 5.75 Å². The zero-order chi connectivity index (χ0) is 23.8. The van der Waals surface area contributed by atoms with Crippen LogP contribution in [-0.4, -0.2) is 66.2 Å². The SMILES string of the molecule is O=C(CN1C(=O)COc2ccccc21)N1CCN(c2ccc(-c3noc(C4CCC4)n3)cc2)CC1. The van der Waals surface area contributed by atoms with Gasteiger partial charge in [0.1, 0.15) is 12.3 Å². The number of anilines is 2. The molecule has 1 saturated carbocycles. The van der Waals surface area contributed by atoms with E-state index in [0.29, 0.717) is 36.3 Å². The first-order valence-electron chi connectivity index (χ1n) is 12.1. The molecule has 180 valence electrons. The first kappa shape index (κ1) is 21.6. The van der Waals surface area contributed by atoms with Crippen molar-refractivity contribution in [3.05, 3.63) is 54.4 Å². The fraction of sp³-hybridized carbons (Fsp3) is 0.385. The van der Waals surface area contributed by atoms with E-state index in [1.54, 1.807) is 0 Å². The van der Waals surface area contributed by atoms with Crippen LogP contribution in [0.25, 0.3) is 11.4 Å². The highest BCUT2D eigenvalue weighted by Gasteiger charge is 2.30. The second-order valence-corrected chi connectivity index (χ2v) is 9.24. The number of hydrogen-bond donors (Lipinski definition) is 0. The number of para-hydroxylation sites is 2. The Morgan fingerprint density at radius 3 is 2.51 bits per heavy atom. The first-order valence-corrected chi connectivity index (χ1v) is 12.1. The molecule has 0 bridgehead atoms. The quantitative estimate of drug-likeness (QED) is 0.562. The van der Waals surface area contributed by atoms with Gasteiger partial charge in [-0.3, -0.25) is 14.5 Å². The first-order chi connectivity index (χ1) is 17.2. The predicted octanol–water partition coefficient (Wildman–Crippen LogP) is 3.08. The zero-order valence-corrected chi connectivity index (χ0v) is 19.4. The summed E-state index contributed by atoms with van der Waals surface area (Å²) in [7, 11) is 0. The van der Waals surface area contributed by atoms with E-state index in [2.05, 4.69) is 27.2 Å². The largest absolute Gasteiger partial charge is 0.482 e. The van der Waals surface area contributed by atoms with E-state index in [9.17, 15) is 9.59 Å². The van der Waals surface area contributed by atoms with Crippen LogP contribution in [0.2, 0.25) is 0 Å². The van der Waals surface area contributed by atoms with Crippen LogP contribution >= 0.6 is 0 Å². The molecule has 0 radical (unpaired) electrons. The number of carbonyl (C=O) groups excluding carboxylic acids is 2. The number of rotatable bonds is 5. The third-order valence-electron chi connectivity index (χ3n) is 7.12. The second kappa shape index (κ2) is 9.05. The molecular formula is C26H27N5O4. The average molecular weight is 474 g/mol. The van der Waals surface area contributed by atoms with Gasteiger partial charge in [-0.2, -0.15) is 4.98 Å². The topological polar surface area (TPSA) is 92.0 Å². The molecule has 2 aromatic carbocycles. The Morgan fingerprint density at radius 2 is 1.77 bits per heavy atom. The highest BCUT2D eigenvalue weighted by Crippen LogP contribution is 2.36. The standard InChI is InChI=1S/C26H27N5O4/c32-23(16-31-21-6-1-2-7-22(21)34-17-24(31)33)30-14-12-29(13-15-30)20-10-8-18(9-11-20)25-27-26(35-28-25)19-4-3-5-19/h1-2,6-11,19H,3-5,12-17H2. The Kier molecular flexibility index (Phi) is 5.60. The molecule has 3 heterocycles. The Hall–Kier alpha value is -3.88. The molecule has 0 N–H and O–H groups in total. The molecule has 9 heteroatoms. The molecule has 6 rings (SSSR count). The second-order valence-electron chi connectivity index (χ2n) is 9.24. The minimum Gasteiger partial charge on any atom is -0.482 e. The van der Waals surface area contributed by atoms with Gasteiger partial charge in [0.2, 0.25) is 17.6 Å². The average Bonchev–Trinajstić information content (AvgIpc) is 3.34. The minimum atomic E-state index is -0.197. The molecule has 1 aliphatic carbocycles. The highest BCUT2D eigenvalue weighted by molar-refractivity contribution is 6.02. The third kappa shape index (κ3) is 4.22. The fourth-order valence-corrected chi connectivity index (χ4v) is 4.77. The number of carbonyl (C=O) groups is 2. The van der Waals surface area contributed by atoms with E-state index in [-0.39, 0.29) is 25.0 Å².